The molecule has 0 bridgehead atoms. The van der Waals surface area contributed by atoms with Gasteiger partial charge in [0.25, 0.3) is 0 Å². The van der Waals surface area contributed by atoms with Crippen molar-refractivity contribution in [2.75, 3.05) is 14.2 Å². The van der Waals surface area contributed by atoms with E-state index in [0.29, 0.717) is 4.90 Å². The molecule has 0 saturated heterocycles. The van der Waals surface area contributed by atoms with Crippen LogP contribution in [-0.4, -0.2) is 18.4 Å². The van der Waals surface area contributed by atoms with Crippen LogP contribution in [0.1, 0.15) is 11.1 Å². The lowest BCUT2D eigenvalue weighted by Gasteiger charge is -2.17. The largest absolute Gasteiger partial charge is 0.370 e. The predicted molar refractivity (Wildman–Crippen MR) is 93.6 cm³/mol. The third kappa shape index (κ3) is 4.27. The Labute approximate surface area is 139 Å². The van der Waals surface area contributed by atoms with Crippen molar-refractivity contribution in [3.8, 4) is 0 Å². The molecule has 0 unspecified atom stereocenters. The van der Waals surface area contributed by atoms with E-state index in [1.165, 1.54) is 14.2 Å². The first-order valence-electron chi connectivity index (χ1n) is 6.97. The normalized spacial score (nSPS) is 13.8. The van der Waals surface area contributed by atoms with Gasteiger partial charge in [-0.15, -0.1) is 0 Å². The van der Waals surface area contributed by atoms with Crippen LogP contribution < -0.4 is 0 Å². The van der Waals surface area contributed by atoms with Crippen molar-refractivity contribution in [2.45, 2.75) is 11.8 Å². The SMILES string of the molecule is COP(=O)(OC)/C(=C\c1ccccc1)[S@@](=O)c1ccc(C)cc1. The van der Waals surface area contributed by atoms with Gasteiger partial charge in [0.1, 0.15) is 4.65 Å². The summed E-state index contributed by atoms with van der Waals surface area (Å²) in [7, 11) is -2.71. The zero-order chi connectivity index (χ0) is 16.9. The van der Waals surface area contributed by atoms with Gasteiger partial charge < -0.3 is 9.05 Å². The zero-order valence-corrected chi connectivity index (χ0v) is 15.0. The van der Waals surface area contributed by atoms with E-state index in [2.05, 4.69) is 0 Å². The topological polar surface area (TPSA) is 52.6 Å². The molecular weight excluding hydrogens is 331 g/mol. The molecule has 0 radical (unpaired) electrons. The maximum absolute atomic E-state index is 12.9. The first-order valence-corrected chi connectivity index (χ1v) is 9.66. The summed E-state index contributed by atoms with van der Waals surface area (Å²) in [6.45, 7) is 1.95. The molecule has 0 fully saturated rings. The van der Waals surface area contributed by atoms with Crippen LogP contribution in [0.15, 0.2) is 64.1 Å². The second-order valence-corrected chi connectivity index (χ2v) is 8.80. The molecule has 0 aliphatic carbocycles. The Morgan fingerprint density at radius 2 is 1.57 bits per heavy atom. The molecule has 0 heterocycles. The van der Waals surface area contributed by atoms with Crippen molar-refractivity contribution in [3.05, 3.63) is 70.4 Å². The van der Waals surface area contributed by atoms with Crippen LogP contribution >= 0.6 is 7.60 Å². The molecule has 2 rings (SSSR count). The summed E-state index contributed by atoms with van der Waals surface area (Å²) in [6, 6.07) is 16.5. The van der Waals surface area contributed by atoms with Gasteiger partial charge in [-0.05, 0) is 30.7 Å². The van der Waals surface area contributed by atoms with Crippen LogP contribution in [0.25, 0.3) is 6.08 Å². The molecular formula is C17H19O4PS. The molecule has 122 valence electrons. The molecule has 23 heavy (non-hydrogen) atoms. The van der Waals surface area contributed by atoms with Gasteiger partial charge in [-0.2, -0.15) is 0 Å². The van der Waals surface area contributed by atoms with Crippen molar-refractivity contribution in [1.29, 1.82) is 0 Å². The Balaban J connectivity index is 2.54. The van der Waals surface area contributed by atoms with E-state index >= 15 is 0 Å². The lowest BCUT2D eigenvalue weighted by molar-refractivity contribution is 0.285. The molecule has 0 amide bonds. The van der Waals surface area contributed by atoms with Crippen LogP contribution in [-0.2, 0) is 24.4 Å². The number of aryl methyl sites for hydroxylation is 1. The number of hydrogen-bond acceptors (Lipinski definition) is 4. The third-order valence-electron chi connectivity index (χ3n) is 3.27. The van der Waals surface area contributed by atoms with E-state index in [0.717, 1.165) is 11.1 Å². The summed E-state index contributed by atoms with van der Waals surface area (Å²) >= 11 is 0. The highest BCUT2D eigenvalue weighted by atomic mass is 32.2. The van der Waals surface area contributed by atoms with E-state index in [1.807, 2.05) is 49.4 Å². The van der Waals surface area contributed by atoms with E-state index in [4.69, 9.17) is 9.05 Å². The lowest BCUT2D eigenvalue weighted by Crippen LogP contribution is -2.01. The van der Waals surface area contributed by atoms with Crippen LogP contribution in [0, 0.1) is 6.92 Å². The fourth-order valence-electron chi connectivity index (χ4n) is 1.96. The third-order valence-corrected chi connectivity index (χ3v) is 7.26. The zero-order valence-electron chi connectivity index (χ0n) is 13.3. The maximum atomic E-state index is 12.9. The van der Waals surface area contributed by atoms with Gasteiger partial charge in [-0.25, -0.2) is 4.21 Å². The van der Waals surface area contributed by atoms with Gasteiger partial charge in [-0.3, -0.25) is 4.57 Å². The quantitative estimate of drug-likeness (QED) is 0.715. The Morgan fingerprint density at radius 3 is 2.09 bits per heavy atom. The summed E-state index contributed by atoms with van der Waals surface area (Å²) in [5, 5.41) is 0. The number of benzene rings is 2. The second kappa shape index (κ2) is 7.84. The Morgan fingerprint density at radius 1 is 1.00 bits per heavy atom. The average molecular weight is 350 g/mol. The van der Waals surface area contributed by atoms with E-state index in [9.17, 15) is 8.77 Å². The highest BCUT2D eigenvalue weighted by molar-refractivity contribution is 7.98. The lowest BCUT2D eigenvalue weighted by atomic mass is 10.2. The molecule has 2 aromatic carbocycles. The van der Waals surface area contributed by atoms with E-state index < -0.39 is 18.4 Å². The van der Waals surface area contributed by atoms with Crippen LogP contribution in [0.3, 0.4) is 0 Å². The van der Waals surface area contributed by atoms with E-state index in [1.54, 1.807) is 18.2 Å². The van der Waals surface area contributed by atoms with Gasteiger partial charge in [0, 0.05) is 19.1 Å². The monoisotopic (exact) mass is 350 g/mol. The van der Waals surface area contributed by atoms with Crippen LogP contribution in [0.5, 0.6) is 0 Å². The highest BCUT2D eigenvalue weighted by Crippen LogP contribution is 2.57. The molecule has 1 atom stereocenters. The molecule has 0 N–H and O–H groups in total. The smallest absolute Gasteiger partial charge is 0.308 e. The van der Waals surface area contributed by atoms with Crippen molar-refractivity contribution >= 4 is 24.5 Å². The van der Waals surface area contributed by atoms with Gasteiger partial charge in [0.05, 0.1) is 10.8 Å². The minimum atomic E-state index is -3.63. The number of rotatable bonds is 6. The van der Waals surface area contributed by atoms with Gasteiger partial charge in [0.15, 0.2) is 0 Å². The van der Waals surface area contributed by atoms with Crippen molar-refractivity contribution in [1.82, 2.24) is 0 Å². The second-order valence-electron chi connectivity index (χ2n) is 4.84. The molecule has 0 aliphatic heterocycles. The van der Waals surface area contributed by atoms with Crippen molar-refractivity contribution in [3.63, 3.8) is 0 Å². The minimum Gasteiger partial charge on any atom is -0.308 e. The molecule has 4 nitrogen and oxygen atoms in total. The summed E-state index contributed by atoms with van der Waals surface area (Å²) < 4.78 is 36.0. The van der Waals surface area contributed by atoms with Crippen LogP contribution in [0.2, 0.25) is 0 Å². The Bertz CT molecular complexity index is 746. The van der Waals surface area contributed by atoms with Crippen LogP contribution in [0.4, 0.5) is 0 Å². The first-order chi connectivity index (χ1) is 11.0. The van der Waals surface area contributed by atoms with E-state index in [-0.39, 0.29) is 4.65 Å². The summed E-state index contributed by atoms with van der Waals surface area (Å²) in [5.41, 5.74) is 1.83. The Hall–Kier alpha value is -1.52. The molecule has 0 aliphatic rings. The minimum absolute atomic E-state index is 0.123. The molecule has 0 spiro atoms. The number of hydrogen-bond donors (Lipinski definition) is 0. The first kappa shape index (κ1) is 17.8. The molecule has 0 saturated carbocycles. The predicted octanol–water partition coefficient (Wildman–Crippen LogP) is 4.59. The van der Waals surface area contributed by atoms with Gasteiger partial charge in [0.2, 0.25) is 0 Å². The van der Waals surface area contributed by atoms with Gasteiger partial charge >= 0.3 is 7.60 Å². The summed E-state index contributed by atoms with van der Waals surface area (Å²) in [5.74, 6) is 0. The Kier molecular flexibility index (Phi) is 6.08. The highest BCUT2D eigenvalue weighted by Gasteiger charge is 2.33. The standard InChI is InChI=1S/C17H19O4PS/c1-14-9-11-16(12-10-14)23(19)17(22(18,20-2)21-3)13-15-7-5-4-6-8-15/h4-13H,1-3H3/b17-13+/t23-/m0/s1. The molecule has 0 aromatic heterocycles. The molecule has 2 aromatic rings. The average Bonchev–Trinajstić information content (AvgIpc) is 2.60. The van der Waals surface area contributed by atoms with Crippen molar-refractivity contribution < 1.29 is 17.8 Å². The van der Waals surface area contributed by atoms with Gasteiger partial charge in [-0.1, -0.05) is 48.0 Å². The maximum Gasteiger partial charge on any atom is 0.370 e. The fourth-order valence-corrected chi connectivity index (χ4v) is 5.22. The fraction of sp³-hybridized carbons (Fsp3) is 0.176. The summed E-state index contributed by atoms with van der Waals surface area (Å²) in [6.07, 6.45) is 1.60. The van der Waals surface area contributed by atoms with Crippen molar-refractivity contribution in [2.24, 2.45) is 0 Å². The molecule has 6 heteroatoms. The summed E-state index contributed by atoms with van der Waals surface area (Å²) in [4.78, 5) is 0.548.